The Bertz CT molecular complexity index is 1030. The Balaban J connectivity index is 1.55. The maximum absolute atomic E-state index is 12.9. The molecule has 1 fully saturated rings. The van der Waals surface area contributed by atoms with Crippen LogP contribution in [-0.4, -0.2) is 71.5 Å². The van der Waals surface area contributed by atoms with Gasteiger partial charge in [-0.05, 0) is 20.8 Å². The molecule has 0 aromatic carbocycles. The van der Waals surface area contributed by atoms with Crippen molar-refractivity contribution < 1.29 is 22.5 Å². The zero-order chi connectivity index (χ0) is 22.1. The number of amides is 2. The van der Waals surface area contributed by atoms with Crippen molar-refractivity contribution in [2.45, 2.75) is 36.4 Å². The van der Waals surface area contributed by atoms with Crippen LogP contribution in [0.15, 0.2) is 13.8 Å². The number of primary amides is 1. The highest BCUT2D eigenvalue weighted by atomic mass is 32.2. The molecule has 0 atom stereocenters. The monoisotopic (exact) mass is 473 g/mol. The van der Waals surface area contributed by atoms with E-state index in [1.807, 2.05) is 0 Å². The highest BCUT2D eigenvalue weighted by Crippen LogP contribution is 2.28. The second-order valence-electron chi connectivity index (χ2n) is 6.86. The van der Waals surface area contributed by atoms with Gasteiger partial charge in [-0.2, -0.15) is 4.31 Å². The molecule has 164 valence electrons. The van der Waals surface area contributed by atoms with E-state index in [0.717, 1.165) is 10.6 Å². The summed E-state index contributed by atoms with van der Waals surface area (Å²) in [6.45, 7) is 6.01. The smallest absolute Gasteiger partial charge is 0.248 e. The zero-order valence-corrected chi connectivity index (χ0v) is 19.3. The Morgan fingerprint density at radius 2 is 1.83 bits per heavy atom. The van der Waals surface area contributed by atoms with Crippen molar-refractivity contribution in [2.75, 3.05) is 31.9 Å². The lowest BCUT2D eigenvalue weighted by Gasteiger charge is -2.33. The summed E-state index contributed by atoms with van der Waals surface area (Å²) in [5.74, 6) is -0.0473. The summed E-state index contributed by atoms with van der Waals surface area (Å²) >= 11 is 2.66. The van der Waals surface area contributed by atoms with Gasteiger partial charge in [-0.25, -0.2) is 13.4 Å². The fourth-order valence-electron chi connectivity index (χ4n) is 3.15. The number of nitrogens with two attached hydrogens (primary N) is 1. The van der Waals surface area contributed by atoms with Gasteiger partial charge in [0.1, 0.15) is 10.6 Å². The molecule has 2 amide bonds. The molecule has 0 radical (unpaired) electrons. The van der Waals surface area contributed by atoms with Gasteiger partial charge in [0.05, 0.1) is 17.9 Å². The fraction of sp³-hybridized carbons (Fsp3) is 0.529. The molecule has 1 aliphatic heterocycles. The van der Waals surface area contributed by atoms with Crippen molar-refractivity contribution in [1.82, 2.24) is 19.3 Å². The second-order valence-corrected chi connectivity index (χ2v) is 11.0. The van der Waals surface area contributed by atoms with E-state index < -0.39 is 15.9 Å². The topological polar surface area (TPSA) is 140 Å². The number of thioether (sulfide) groups is 1. The first kappa shape index (κ1) is 22.7. The third-order valence-corrected chi connectivity index (χ3v) is 9.11. The van der Waals surface area contributed by atoms with Crippen LogP contribution in [0, 0.1) is 20.8 Å². The van der Waals surface area contributed by atoms with Crippen LogP contribution < -0.4 is 5.73 Å². The normalized spacial score (nSPS) is 15.5. The average Bonchev–Trinajstić information content (AvgIpc) is 3.21. The number of hydrogen-bond acceptors (Lipinski definition) is 9. The summed E-state index contributed by atoms with van der Waals surface area (Å²) in [4.78, 5) is 30.6. The first-order valence-corrected chi connectivity index (χ1v) is 12.4. The molecule has 0 aliphatic carbocycles. The van der Waals surface area contributed by atoms with E-state index in [0.29, 0.717) is 23.1 Å². The van der Waals surface area contributed by atoms with Crippen molar-refractivity contribution in [2.24, 2.45) is 5.73 Å². The molecule has 2 aromatic heterocycles. The van der Waals surface area contributed by atoms with Crippen molar-refractivity contribution in [3.8, 4) is 0 Å². The van der Waals surface area contributed by atoms with E-state index in [1.165, 1.54) is 27.4 Å². The van der Waals surface area contributed by atoms with E-state index in [4.69, 9.17) is 10.3 Å². The Labute approximate surface area is 182 Å². The van der Waals surface area contributed by atoms with Gasteiger partial charge in [0.15, 0.2) is 10.1 Å². The predicted molar refractivity (Wildman–Crippen MR) is 112 cm³/mol. The molecule has 3 heterocycles. The van der Waals surface area contributed by atoms with E-state index in [1.54, 1.807) is 25.7 Å². The third kappa shape index (κ3) is 4.85. The van der Waals surface area contributed by atoms with Crippen LogP contribution in [-0.2, 0) is 26.0 Å². The summed E-state index contributed by atoms with van der Waals surface area (Å²) in [6.07, 6.45) is 0.138. The van der Waals surface area contributed by atoms with Crippen molar-refractivity contribution in [1.29, 1.82) is 0 Å². The number of hydrogen-bond donors (Lipinski definition) is 1. The van der Waals surface area contributed by atoms with Crippen LogP contribution >= 0.6 is 23.1 Å². The van der Waals surface area contributed by atoms with Crippen molar-refractivity contribution in [3.63, 3.8) is 0 Å². The first-order valence-electron chi connectivity index (χ1n) is 9.17. The number of thiazole rings is 1. The quantitative estimate of drug-likeness (QED) is 0.580. The van der Waals surface area contributed by atoms with Gasteiger partial charge in [0, 0.05) is 31.1 Å². The summed E-state index contributed by atoms with van der Waals surface area (Å²) in [7, 11) is -3.71. The molecule has 0 bridgehead atoms. The highest BCUT2D eigenvalue weighted by molar-refractivity contribution is 8.01. The summed E-state index contributed by atoms with van der Waals surface area (Å²) in [5.41, 5.74) is 6.30. The summed E-state index contributed by atoms with van der Waals surface area (Å²) < 4.78 is 32.8. The van der Waals surface area contributed by atoms with Gasteiger partial charge in [-0.15, -0.1) is 11.3 Å². The summed E-state index contributed by atoms with van der Waals surface area (Å²) in [6, 6.07) is 0. The first-order chi connectivity index (χ1) is 14.1. The van der Waals surface area contributed by atoms with Gasteiger partial charge in [0.25, 0.3) is 0 Å². The van der Waals surface area contributed by atoms with Crippen LogP contribution in [0.1, 0.15) is 22.0 Å². The maximum atomic E-state index is 12.9. The fourth-order valence-corrected chi connectivity index (χ4v) is 7.01. The SMILES string of the molecule is Cc1nc(SCC(=O)N2CCN(S(=O)(=O)c3c(C)noc3C)CC2)sc1CC(N)=O. The predicted octanol–water partition coefficient (Wildman–Crippen LogP) is 0.709. The lowest BCUT2D eigenvalue weighted by molar-refractivity contribution is -0.129. The minimum atomic E-state index is -3.71. The number of aryl methyl sites for hydroxylation is 3. The minimum absolute atomic E-state index is 0.0845. The molecule has 0 spiro atoms. The molecule has 30 heavy (non-hydrogen) atoms. The zero-order valence-electron chi connectivity index (χ0n) is 16.9. The van der Waals surface area contributed by atoms with E-state index in [-0.39, 0.29) is 41.8 Å². The van der Waals surface area contributed by atoms with Gasteiger partial charge < -0.3 is 15.2 Å². The van der Waals surface area contributed by atoms with Crippen LogP contribution in [0.3, 0.4) is 0 Å². The number of sulfonamides is 1. The molecule has 1 aliphatic rings. The molecule has 13 heteroatoms. The molecule has 0 unspecified atom stereocenters. The molecule has 0 saturated carbocycles. The average molecular weight is 474 g/mol. The largest absolute Gasteiger partial charge is 0.369 e. The van der Waals surface area contributed by atoms with Crippen molar-refractivity contribution >= 4 is 44.9 Å². The molecule has 1 saturated heterocycles. The van der Waals surface area contributed by atoms with Crippen LogP contribution in [0.4, 0.5) is 0 Å². The van der Waals surface area contributed by atoms with E-state index in [9.17, 15) is 18.0 Å². The Morgan fingerprint density at radius 3 is 2.40 bits per heavy atom. The van der Waals surface area contributed by atoms with Gasteiger partial charge in [-0.1, -0.05) is 16.9 Å². The Hall–Kier alpha value is -1.96. The highest BCUT2D eigenvalue weighted by Gasteiger charge is 2.34. The Morgan fingerprint density at radius 1 is 1.17 bits per heavy atom. The molecule has 2 N–H and O–H groups in total. The van der Waals surface area contributed by atoms with Crippen LogP contribution in [0.2, 0.25) is 0 Å². The van der Waals surface area contributed by atoms with Gasteiger partial charge in [-0.3, -0.25) is 9.59 Å². The Kier molecular flexibility index (Phi) is 6.84. The maximum Gasteiger partial charge on any atom is 0.248 e. The molecule has 2 aromatic rings. The number of rotatable bonds is 7. The number of piperazine rings is 1. The standard InChI is InChI=1S/C17H23N5O5S3/c1-10-13(8-14(18)23)29-17(19-10)28-9-15(24)21-4-6-22(7-5-21)30(25,26)16-11(2)20-27-12(16)3/h4-9H2,1-3H3,(H2,18,23). The molecular weight excluding hydrogens is 450 g/mol. The van der Waals surface area contributed by atoms with Crippen LogP contribution in [0.5, 0.6) is 0 Å². The number of aromatic nitrogens is 2. The number of nitrogens with zero attached hydrogens (tertiary/aromatic N) is 4. The van der Waals surface area contributed by atoms with E-state index >= 15 is 0 Å². The number of carbonyl (C=O) groups excluding carboxylic acids is 2. The van der Waals surface area contributed by atoms with E-state index in [2.05, 4.69) is 10.1 Å². The molecule has 10 nitrogen and oxygen atoms in total. The minimum Gasteiger partial charge on any atom is -0.369 e. The number of carbonyl (C=O) groups is 2. The lowest BCUT2D eigenvalue weighted by Crippen LogP contribution is -2.51. The van der Waals surface area contributed by atoms with Gasteiger partial charge in [0.2, 0.25) is 21.8 Å². The summed E-state index contributed by atoms with van der Waals surface area (Å²) in [5, 5.41) is 3.72. The van der Waals surface area contributed by atoms with Crippen LogP contribution in [0.25, 0.3) is 0 Å². The molecular formula is C17H23N5O5S3. The van der Waals surface area contributed by atoms with Crippen molar-refractivity contribution in [3.05, 3.63) is 22.0 Å². The second kappa shape index (κ2) is 9.04. The third-order valence-electron chi connectivity index (χ3n) is 4.68. The molecule has 3 rings (SSSR count). The van der Waals surface area contributed by atoms with Gasteiger partial charge >= 0.3 is 0 Å². The lowest BCUT2D eigenvalue weighted by atomic mass is 10.3.